The molecule has 3 rings (SSSR count). The van der Waals surface area contributed by atoms with Gasteiger partial charge in [0.15, 0.2) is 0 Å². The Morgan fingerprint density at radius 2 is 2.12 bits per heavy atom. The summed E-state index contributed by atoms with van der Waals surface area (Å²) in [5.41, 5.74) is 3.56. The number of ketones is 1. The smallest absolute Gasteiger partial charge is 0.139 e. The number of fused-ring (bicyclic) bond motifs is 1. The molecule has 0 saturated heterocycles. The summed E-state index contributed by atoms with van der Waals surface area (Å²) in [5.74, 6) is -0.0188. The van der Waals surface area contributed by atoms with Gasteiger partial charge >= 0.3 is 0 Å². The first kappa shape index (κ1) is 18.6. The molecule has 2 N–H and O–H groups in total. The van der Waals surface area contributed by atoms with Crippen molar-refractivity contribution in [2.75, 3.05) is 13.2 Å². The number of Topliss-reactive ketones (excluding diaryl/α,β-unsaturated/α-hetero) is 1. The Hall–Kier alpha value is -1.23. The molecule has 0 spiro atoms. The third-order valence-electron chi connectivity index (χ3n) is 5.85. The van der Waals surface area contributed by atoms with E-state index in [1.807, 2.05) is 12.1 Å². The summed E-state index contributed by atoms with van der Waals surface area (Å²) in [6.45, 7) is 3.29. The van der Waals surface area contributed by atoms with E-state index in [-0.39, 0.29) is 30.1 Å². The number of benzene rings is 1. The van der Waals surface area contributed by atoms with Crippen LogP contribution in [0.2, 0.25) is 0 Å². The van der Waals surface area contributed by atoms with E-state index in [4.69, 9.17) is 4.74 Å². The van der Waals surface area contributed by atoms with Gasteiger partial charge in [-0.1, -0.05) is 31.5 Å². The van der Waals surface area contributed by atoms with Crippen LogP contribution in [0.3, 0.4) is 0 Å². The topological polar surface area (TPSA) is 66.8 Å². The van der Waals surface area contributed by atoms with Gasteiger partial charge in [0.25, 0.3) is 0 Å². The van der Waals surface area contributed by atoms with Gasteiger partial charge in [-0.05, 0) is 48.8 Å². The second-order valence-corrected chi connectivity index (χ2v) is 7.51. The number of aryl methyl sites for hydroxylation is 1. The lowest BCUT2D eigenvalue weighted by Crippen LogP contribution is -2.26. The highest BCUT2D eigenvalue weighted by atomic mass is 16.5. The van der Waals surface area contributed by atoms with E-state index in [0.29, 0.717) is 13.2 Å². The summed E-state index contributed by atoms with van der Waals surface area (Å²) in [6, 6.07) is 6.12. The summed E-state index contributed by atoms with van der Waals surface area (Å²) in [5, 5.41) is 20.3. The Morgan fingerprint density at radius 3 is 2.92 bits per heavy atom. The zero-order chi connectivity index (χ0) is 17.8. The third-order valence-corrected chi connectivity index (χ3v) is 5.85. The van der Waals surface area contributed by atoms with E-state index in [1.165, 1.54) is 11.1 Å². The number of unbranched alkanes of at least 4 members (excludes halogenated alkanes) is 1. The van der Waals surface area contributed by atoms with Crippen LogP contribution >= 0.6 is 0 Å². The van der Waals surface area contributed by atoms with Gasteiger partial charge in [-0.15, -0.1) is 0 Å². The number of carbonyl (C=O) groups is 1. The van der Waals surface area contributed by atoms with Gasteiger partial charge in [0.05, 0.1) is 18.8 Å². The molecule has 0 amide bonds. The Labute approximate surface area is 150 Å². The molecule has 2 aliphatic carbocycles. The van der Waals surface area contributed by atoms with Crippen molar-refractivity contribution < 1.29 is 19.7 Å². The maximum atomic E-state index is 12.3. The van der Waals surface area contributed by atoms with Crippen molar-refractivity contribution >= 4 is 5.78 Å². The molecule has 0 bridgehead atoms. The van der Waals surface area contributed by atoms with Crippen LogP contribution in [-0.2, 0) is 22.4 Å². The van der Waals surface area contributed by atoms with Crippen molar-refractivity contribution in [3.63, 3.8) is 0 Å². The first-order chi connectivity index (χ1) is 12.1. The quantitative estimate of drug-likeness (QED) is 0.710. The maximum Gasteiger partial charge on any atom is 0.139 e. The molecule has 0 aromatic heterocycles. The molecular weight excluding hydrogens is 316 g/mol. The summed E-state index contributed by atoms with van der Waals surface area (Å²) >= 11 is 0. The van der Waals surface area contributed by atoms with Gasteiger partial charge in [0.2, 0.25) is 0 Å². The van der Waals surface area contributed by atoms with Crippen molar-refractivity contribution in [3.05, 3.63) is 34.9 Å². The highest BCUT2D eigenvalue weighted by Crippen LogP contribution is 2.36. The molecule has 2 unspecified atom stereocenters. The molecule has 0 aliphatic heterocycles. The van der Waals surface area contributed by atoms with Crippen molar-refractivity contribution in [2.24, 2.45) is 11.8 Å². The largest absolute Gasteiger partial charge is 0.392 e. The zero-order valence-electron chi connectivity index (χ0n) is 15.1. The van der Waals surface area contributed by atoms with E-state index < -0.39 is 6.10 Å². The maximum absolute atomic E-state index is 12.3. The predicted octanol–water partition coefficient (Wildman–Crippen LogP) is 2.98. The van der Waals surface area contributed by atoms with Crippen molar-refractivity contribution in [1.29, 1.82) is 0 Å². The standard InChI is InChI=1S/C21H30O4/c1-2-3-11-25-13-18-17(20(23)12-21(18)24)8-7-14-5-4-6-16-15(14)9-10-19(16)22/h4-6,17-19,21-22,24H,2-3,7-13H2,1H3/t17-,18-,19?,21?/m1/s1. The molecule has 2 aliphatic rings. The first-order valence-corrected chi connectivity index (χ1v) is 9.69. The fourth-order valence-electron chi connectivity index (χ4n) is 4.34. The Balaban J connectivity index is 1.62. The van der Waals surface area contributed by atoms with E-state index >= 15 is 0 Å². The molecule has 4 atom stereocenters. The number of carbonyl (C=O) groups excluding carboxylic acids is 1. The number of hydrogen-bond donors (Lipinski definition) is 2. The third kappa shape index (κ3) is 4.13. The van der Waals surface area contributed by atoms with Crippen LogP contribution in [0.1, 0.15) is 61.8 Å². The minimum Gasteiger partial charge on any atom is -0.392 e. The van der Waals surface area contributed by atoms with Crippen LogP contribution < -0.4 is 0 Å². The van der Waals surface area contributed by atoms with Crippen LogP contribution in [-0.4, -0.2) is 35.3 Å². The van der Waals surface area contributed by atoms with Crippen LogP contribution in [0.25, 0.3) is 0 Å². The molecule has 4 nitrogen and oxygen atoms in total. The molecule has 1 aromatic carbocycles. The van der Waals surface area contributed by atoms with Gasteiger partial charge in [-0.2, -0.15) is 0 Å². The normalized spacial score (nSPS) is 28.5. The molecule has 4 heteroatoms. The van der Waals surface area contributed by atoms with Crippen LogP contribution in [0.15, 0.2) is 18.2 Å². The molecule has 138 valence electrons. The zero-order valence-corrected chi connectivity index (χ0v) is 15.1. The van der Waals surface area contributed by atoms with E-state index in [1.54, 1.807) is 0 Å². The average Bonchev–Trinajstić information content (AvgIpc) is 3.10. The number of hydrogen-bond acceptors (Lipinski definition) is 4. The lowest BCUT2D eigenvalue weighted by Gasteiger charge is -2.21. The van der Waals surface area contributed by atoms with Gasteiger partial charge in [0, 0.05) is 24.9 Å². The minimum atomic E-state index is -0.567. The molecule has 1 aromatic rings. The van der Waals surface area contributed by atoms with Crippen molar-refractivity contribution in [3.8, 4) is 0 Å². The van der Waals surface area contributed by atoms with Crippen molar-refractivity contribution in [1.82, 2.24) is 0 Å². The molecular formula is C21H30O4. The monoisotopic (exact) mass is 346 g/mol. The number of ether oxygens (including phenoxy) is 1. The highest BCUT2D eigenvalue weighted by Gasteiger charge is 2.41. The second kappa shape index (κ2) is 8.43. The highest BCUT2D eigenvalue weighted by molar-refractivity contribution is 5.84. The minimum absolute atomic E-state index is 0.0771. The van der Waals surface area contributed by atoms with Crippen LogP contribution in [0, 0.1) is 11.8 Å². The Morgan fingerprint density at radius 1 is 1.28 bits per heavy atom. The lowest BCUT2D eigenvalue weighted by molar-refractivity contribution is -0.121. The molecule has 0 heterocycles. The molecule has 1 fully saturated rings. The van der Waals surface area contributed by atoms with E-state index in [0.717, 1.165) is 44.1 Å². The summed E-state index contributed by atoms with van der Waals surface area (Å²) in [7, 11) is 0. The SMILES string of the molecule is CCCCOC[C@H]1C(O)CC(=O)[C@@H]1CCc1cccc2c1CCC2O. The molecule has 0 radical (unpaired) electrons. The Bertz CT molecular complexity index is 598. The number of aliphatic hydroxyl groups excluding tert-OH is 2. The summed E-state index contributed by atoms with van der Waals surface area (Å²) in [6.07, 6.45) is 4.73. The second-order valence-electron chi connectivity index (χ2n) is 7.51. The number of rotatable bonds is 8. The van der Waals surface area contributed by atoms with Gasteiger partial charge in [-0.25, -0.2) is 0 Å². The summed E-state index contributed by atoms with van der Waals surface area (Å²) < 4.78 is 5.70. The average molecular weight is 346 g/mol. The van der Waals surface area contributed by atoms with Gasteiger partial charge < -0.3 is 14.9 Å². The lowest BCUT2D eigenvalue weighted by atomic mass is 9.88. The number of aliphatic hydroxyl groups is 2. The van der Waals surface area contributed by atoms with Crippen LogP contribution in [0.5, 0.6) is 0 Å². The van der Waals surface area contributed by atoms with E-state index in [2.05, 4.69) is 13.0 Å². The Kier molecular flexibility index (Phi) is 6.26. The van der Waals surface area contributed by atoms with E-state index in [9.17, 15) is 15.0 Å². The molecule has 25 heavy (non-hydrogen) atoms. The summed E-state index contributed by atoms with van der Waals surface area (Å²) in [4.78, 5) is 12.3. The fourth-order valence-corrected chi connectivity index (χ4v) is 4.34. The van der Waals surface area contributed by atoms with Gasteiger partial charge in [0.1, 0.15) is 5.78 Å². The molecule has 1 saturated carbocycles. The predicted molar refractivity (Wildman–Crippen MR) is 96.4 cm³/mol. The van der Waals surface area contributed by atoms with Crippen molar-refractivity contribution in [2.45, 2.75) is 64.1 Å². The first-order valence-electron chi connectivity index (χ1n) is 9.69. The fraction of sp³-hybridized carbons (Fsp3) is 0.667. The van der Waals surface area contributed by atoms with Crippen LogP contribution in [0.4, 0.5) is 0 Å². The van der Waals surface area contributed by atoms with Gasteiger partial charge in [-0.3, -0.25) is 4.79 Å².